The van der Waals surface area contributed by atoms with Gasteiger partial charge in [0.15, 0.2) is 0 Å². The summed E-state index contributed by atoms with van der Waals surface area (Å²) in [5.41, 5.74) is 11.3. The first-order valence-electron chi connectivity index (χ1n) is 9.89. The van der Waals surface area contributed by atoms with Gasteiger partial charge in [-0.25, -0.2) is 4.39 Å². The number of anilines is 1. The van der Waals surface area contributed by atoms with E-state index in [0.29, 0.717) is 24.6 Å². The number of hydrogen-bond acceptors (Lipinski definition) is 4. The first-order chi connectivity index (χ1) is 13.1. The third-order valence-corrected chi connectivity index (χ3v) is 5.96. The maximum absolute atomic E-state index is 14.8. The first-order valence-corrected chi connectivity index (χ1v) is 10.3. The van der Waals surface area contributed by atoms with Gasteiger partial charge in [-0.1, -0.05) is 18.2 Å². The van der Waals surface area contributed by atoms with Gasteiger partial charge in [0, 0.05) is 31.1 Å². The Bertz CT molecular complexity index is 742. The zero-order valence-corrected chi connectivity index (χ0v) is 16.2. The smallest absolute Gasteiger partial charge is 0.129 e. The molecule has 1 aromatic carbocycles. The Morgan fingerprint density at radius 2 is 2.04 bits per heavy atom. The molecule has 0 saturated carbocycles. The Morgan fingerprint density at radius 3 is 2.85 bits per heavy atom. The highest BCUT2D eigenvalue weighted by Crippen LogP contribution is 2.34. The van der Waals surface area contributed by atoms with Crippen LogP contribution in [0.5, 0.6) is 0 Å². The Morgan fingerprint density at radius 1 is 1.22 bits per heavy atom. The van der Waals surface area contributed by atoms with Crippen LogP contribution in [0.15, 0.2) is 30.4 Å². The van der Waals surface area contributed by atoms with Crippen molar-refractivity contribution in [3.8, 4) is 0 Å². The molecule has 2 heterocycles. The second kappa shape index (κ2) is 8.31. The highest BCUT2D eigenvalue weighted by atomic mass is 35.5. The summed E-state index contributed by atoms with van der Waals surface area (Å²) < 4.78 is 14.8. The van der Waals surface area contributed by atoms with E-state index in [1.165, 1.54) is 11.1 Å². The number of rotatable bonds is 3. The molecule has 1 fully saturated rings. The molecule has 2 aliphatic heterocycles. The molecule has 0 aromatic heterocycles. The lowest BCUT2D eigenvalue weighted by atomic mass is 9.90. The lowest BCUT2D eigenvalue weighted by molar-refractivity contribution is 0.416. The number of alkyl halides is 2. The second-order valence-electron chi connectivity index (χ2n) is 7.72. The third kappa shape index (κ3) is 4.37. The van der Waals surface area contributed by atoms with Crippen LogP contribution in [0, 0.1) is 0 Å². The molecule has 0 bridgehead atoms. The summed E-state index contributed by atoms with van der Waals surface area (Å²) in [6.45, 7) is 2.76. The summed E-state index contributed by atoms with van der Waals surface area (Å²) in [5.74, 6) is 0. The van der Waals surface area contributed by atoms with Crippen molar-refractivity contribution in [1.82, 2.24) is 10.6 Å². The number of halogens is 2. The Hall–Kier alpha value is -1.40. The molecular formula is C21H28ClFN4. The van der Waals surface area contributed by atoms with Gasteiger partial charge in [-0.15, -0.1) is 11.6 Å². The van der Waals surface area contributed by atoms with Gasteiger partial charge < -0.3 is 16.4 Å². The van der Waals surface area contributed by atoms with Crippen molar-refractivity contribution in [3.05, 3.63) is 47.1 Å². The van der Waals surface area contributed by atoms with Gasteiger partial charge in [0.05, 0.1) is 11.5 Å². The molecule has 5 N–H and O–H groups in total. The molecule has 1 saturated heterocycles. The number of nitrogens with one attached hydrogen (secondary N) is 3. The highest BCUT2D eigenvalue weighted by molar-refractivity contribution is 6.23. The van der Waals surface area contributed by atoms with Crippen LogP contribution in [-0.2, 0) is 13.0 Å². The normalized spacial score (nSPS) is 29.0. The maximum atomic E-state index is 14.8. The fourth-order valence-electron chi connectivity index (χ4n) is 4.21. The molecule has 27 heavy (non-hydrogen) atoms. The van der Waals surface area contributed by atoms with E-state index in [0.717, 1.165) is 43.6 Å². The van der Waals surface area contributed by atoms with Gasteiger partial charge in [0.25, 0.3) is 0 Å². The summed E-state index contributed by atoms with van der Waals surface area (Å²) in [6.07, 6.45) is 7.78. The molecule has 0 radical (unpaired) electrons. The van der Waals surface area contributed by atoms with Crippen LogP contribution >= 0.6 is 11.6 Å². The van der Waals surface area contributed by atoms with Crippen LogP contribution in [0.3, 0.4) is 0 Å². The first kappa shape index (κ1) is 18.9. The number of hydrogen-bond donors (Lipinski definition) is 4. The lowest BCUT2D eigenvalue weighted by Gasteiger charge is -2.31. The molecule has 3 atom stereocenters. The van der Waals surface area contributed by atoms with Crippen LogP contribution < -0.4 is 21.7 Å². The second-order valence-corrected chi connectivity index (χ2v) is 8.22. The van der Waals surface area contributed by atoms with Gasteiger partial charge in [0.2, 0.25) is 0 Å². The van der Waals surface area contributed by atoms with Crippen LogP contribution in [-0.4, -0.2) is 36.8 Å². The number of piperidine rings is 1. The average molecular weight is 391 g/mol. The summed E-state index contributed by atoms with van der Waals surface area (Å²) in [5, 5.41) is 10.2. The van der Waals surface area contributed by atoms with Crippen molar-refractivity contribution in [3.63, 3.8) is 0 Å². The SMILES string of the molecule is NC1Cc2c(cc(C3=CC(Cl)C=CC[C@H]3F)cc2NC2CCNCC2)CN1. The third-order valence-electron chi connectivity index (χ3n) is 5.69. The van der Waals surface area contributed by atoms with E-state index in [9.17, 15) is 4.39 Å². The topological polar surface area (TPSA) is 62.1 Å². The Labute approximate surface area is 165 Å². The van der Waals surface area contributed by atoms with E-state index >= 15 is 0 Å². The predicted octanol–water partition coefficient (Wildman–Crippen LogP) is 3.07. The highest BCUT2D eigenvalue weighted by Gasteiger charge is 2.24. The van der Waals surface area contributed by atoms with Crippen LogP contribution in [0.1, 0.15) is 36.0 Å². The summed E-state index contributed by atoms with van der Waals surface area (Å²) in [6, 6.07) is 4.64. The minimum atomic E-state index is -1.03. The molecule has 6 heteroatoms. The van der Waals surface area contributed by atoms with Crippen molar-refractivity contribution in [1.29, 1.82) is 0 Å². The molecule has 1 aromatic rings. The molecule has 146 valence electrons. The van der Waals surface area contributed by atoms with Crippen molar-refractivity contribution < 1.29 is 4.39 Å². The molecule has 4 rings (SSSR count). The van der Waals surface area contributed by atoms with E-state index in [1.807, 2.05) is 18.2 Å². The standard InChI is InChI=1S/C21H28ClFN4/c22-15-2-1-3-19(23)17(10-15)13-8-14-12-26-21(24)11-18(14)20(9-13)27-16-4-6-25-7-5-16/h1-2,8-10,15-16,19,21,25-27H,3-7,11-12,24H2/t15?,19-,21?/m1/s1. The fraction of sp³-hybridized carbons (Fsp3) is 0.524. The van der Waals surface area contributed by atoms with E-state index in [4.69, 9.17) is 17.3 Å². The monoisotopic (exact) mass is 390 g/mol. The fourth-order valence-corrected chi connectivity index (χ4v) is 4.45. The molecule has 1 aliphatic carbocycles. The summed E-state index contributed by atoms with van der Waals surface area (Å²) >= 11 is 6.31. The van der Waals surface area contributed by atoms with Crippen molar-refractivity contribution in [2.24, 2.45) is 5.73 Å². The zero-order valence-electron chi connectivity index (χ0n) is 15.5. The van der Waals surface area contributed by atoms with E-state index < -0.39 is 6.17 Å². The summed E-state index contributed by atoms with van der Waals surface area (Å²) in [7, 11) is 0. The molecule has 3 aliphatic rings. The number of allylic oxidation sites excluding steroid dienone is 4. The van der Waals surface area contributed by atoms with Gasteiger partial charge in [-0.05, 0) is 60.3 Å². The van der Waals surface area contributed by atoms with Crippen LogP contribution in [0.4, 0.5) is 10.1 Å². The van der Waals surface area contributed by atoms with Crippen molar-refractivity contribution >= 4 is 22.9 Å². The molecular weight excluding hydrogens is 363 g/mol. The largest absolute Gasteiger partial charge is 0.382 e. The minimum absolute atomic E-state index is 0.0423. The van der Waals surface area contributed by atoms with Gasteiger partial charge in [-0.3, -0.25) is 5.32 Å². The van der Waals surface area contributed by atoms with Crippen LogP contribution in [0.2, 0.25) is 0 Å². The average Bonchev–Trinajstić information content (AvgIpc) is 2.83. The summed E-state index contributed by atoms with van der Waals surface area (Å²) in [4.78, 5) is 0. The minimum Gasteiger partial charge on any atom is -0.382 e. The van der Waals surface area contributed by atoms with E-state index in [2.05, 4.69) is 28.1 Å². The van der Waals surface area contributed by atoms with Crippen molar-refractivity contribution in [2.45, 2.75) is 56.0 Å². The zero-order chi connectivity index (χ0) is 18.8. The molecule has 0 spiro atoms. The van der Waals surface area contributed by atoms with Crippen LogP contribution in [0.25, 0.3) is 5.57 Å². The van der Waals surface area contributed by atoms with Gasteiger partial charge in [0.1, 0.15) is 6.17 Å². The number of benzene rings is 1. The van der Waals surface area contributed by atoms with E-state index in [1.54, 1.807) is 0 Å². The van der Waals surface area contributed by atoms with Gasteiger partial charge >= 0.3 is 0 Å². The van der Waals surface area contributed by atoms with Crippen molar-refractivity contribution in [2.75, 3.05) is 18.4 Å². The quantitative estimate of drug-likeness (QED) is 0.473. The number of fused-ring (bicyclic) bond motifs is 1. The molecule has 0 amide bonds. The van der Waals surface area contributed by atoms with E-state index in [-0.39, 0.29) is 11.5 Å². The Kier molecular flexibility index (Phi) is 5.83. The lowest BCUT2D eigenvalue weighted by Crippen LogP contribution is -2.43. The maximum Gasteiger partial charge on any atom is 0.129 e. The predicted molar refractivity (Wildman–Crippen MR) is 111 cm³/mol. The molecule has 2 unspecified atom stereocenters. The molecule has 4 nitrogen and oxygen atoms in total. The van der Waals surface area contributed by atoms with Gasteiger partial charge in [-0.2, -0.15) is 0 Å². The number of nitrogens with two attached hydrogens (primary N) is 1. The Balaban J connectivity index is 1.71.